The van der Waals surface area contributed by atoms with Crippen LogP contribution in [-0.2, 0) is 20.2 Å². The van der Waals surface area contributed by atoms with Gasteiger partial charge in [0.05, 0.1) is 0 Å². The summed E-state index contributed by atoms with van der Waals surface area (Å²) in [5, 5.41) is 14.2. The minimum Gasteiger partial charge on any atom is -0.379 e. The number of hydrogen-bond acceptors (Lipinski definition) is 8. The Balaban J connectivity index is 0.918. The van der Waals surface area contributed by atoms with Crippen LogP contribution in [0.4, 0.5) is 32.3 Å². The summed E-state index contributed by atoms with van der Waals surface area (Å²) in [7, 11) is -8.20. The highest BCUT2D eigenvalue weighted by atomic mass is 32.2. The van der Waals surface area contributed by atoms with Crippen molar-refractivity contribution in [2.24, 2.45) is 0 Å². The van der Waals surface area contributed by atoms with Crippen LogP contribution in [0, 0.1) is 6.92 Å². The molecule has 0 spiro atoms. The molecule has 0 unspecified atom stereocenters. The Kier molecular flexibility index (Phi) is 10.1. The molecular weight excluding hydrogens is 741 g/mol. The van der Waals surface area contributed by atoms with E-state index in [0.717, 1.165) is 21.5 Å². The van der Waals surface area contributed by atoms with Gasteiger partial charge in [-0.25, -0.2) is 9.59 Å². The lowest BCUT2D eigenvalue weighted by Crippen LogP contribution is -2.22. The van der Waals surface area contributed by atoms with E-state index in [1.165, 1.54) is 60.7 Å². The molecule has 0 atom stereocenters. The lowest BCUT2D eigenvalue weighted by Gasteiger charge is -2.15. The largest absolute Gasteiger partial charge is 0.379 e. The number of amides is 4. The highest BCUT2D eigenvalue weighted by Crippen LogP contribution is 2.27. The molecule has 14 heteroatoms. The molecule has 0 saturated carbocycles. The smallest absolute Gasteiger partial charge is 0.339 e. The molecule has 4 N–H and O–H groups in total. The van der Waals surface area contributed by atoms with E-state index in [1.807, 2.05) is 48.5 Å². The van der Waals surface area contributed by atoms with E-state index in [4.69, 9.17) is 8.37 Å². The van der Waals surface area contributed by atoms with E-state index in [2.05, 4.69) is 21.3 Å². The van der Waals surface area contributed by atoms with E-state index in [0.29, 0.717) is 28.3 Å². The zero-order valence-corrected chi connectivity index (χ0v) is 30.6. The lowest BCUT2D eigenvalue weighted by molar-refractivity contribution is 0.261. The fraction of sp³-hybridized carbons (Fsp3) is 0.0244. The molecule has 7 aromatic carbocycles. The van der Waals surface area contributed by atoms with Gasteiger partial charge in [-0.05, 0) is 119 Å². The molecule has 7 rings (SSSR count). The number of benzene rings is 7. The van der Waals surface area contributed by atoms with Crippen molar-refractivity contribution in [3.63, 3.8) is 0 Å². The molecule has 0 saturated heterocycles. The van der Waals surface area contributed by atoms with Gasteiger partial charge in [0.25, 0.3) is 0 Å². The topological polar surface area (TPSA) is 169 Å². The monoisotopic (exact) mass is 772 g/mol. The van der Waals surface area contributed by atoms with Gasteiger partial charge < -0.3 is 29.6 Å². The molecule has 55 heavy (non-hydrogen) atoms. The Labute approximate surface area is 317 Å². The summed E-state index contributed by atoms with van der Waals surface area (Å²) < 4.78 is 62.2. The van der Waals surface area contributed by atoms with Gasteiger partial charge in [0.1, 0.15) is 21.3 Å². The number of carbonyl (C=O) groups is 2. The summed E-state index contributed by atoms with van der Waals surface area (Å²) in [6, 6.07) is 39.8. The van der Waals surface area contributed by atoms with Crippen molar-refractivity contribution in [3.05, 3.63) is 157 Å². The first-order valence-corrected chi connectivity index (χ1v) is 19.6. The maximum atomic E-state index is 12.9. The van der Waals surface area contributed by atoms with Crippen LogP contribution in [0.15, 0.2) is 161 Å². The van der Waals surface area contributed by atoms with Crippen molar-refractivity contribution in [2.75, 3.05) is 21.3 Å². The number of rotatable bonds is 10. The van der Waals surface area contributed by atoms with E-state index < -0.39 is 32.3 Å². The standard InChI is InChI=1S/C41H32N4O8S2/c1-27-38(44-40(46)42-32-15-19-34(20-16-32)52-54(48,49)36-23-13-28-7-2-4-9-30(28)25-36)11-6-12-39(27)45-41(47)43-33-17-21-35(22-18-33)53-55(50,51)37-24-14-29-8-3-5-10-31(29)26-37/h2-26H,1H3,(H2,42,44,46)(H2,43,45,47). The molecule has 12 nitrogen and oxygen atoms in total. The van der Waals surface area contributed by atoms with Crippen molar-refractivity contribution >= 4 is 76.6 Å². The minimum atomic E-state index is -4.10. The quantitative estimate of drug-likeness (QED) is 0.0998. The molecule has 0 aromatic heterocycles. The molecular formula is C41H32N4O8S2. The third-order valence-electron chi connectivity index (χ3n) is 8.49. The molecule has 4 amide bonds. The third kappa shape index (κ3) is 8.67. The summed E-state index contributed by atoms with van der Waals surface area (Å²) in [6.45, 7) is 1.72. The van der Waals surface area contributed by atoms with Gasteiger partial charge in [-0.3, -0.25) is 0 Å². The van der Waals surface area contributed by atoms with Crippen molar-refractivity contribution in [3.8, 4) is 11.5 Å². The van der Waals surface area contributed by atoms with Gasteiger partial charge >= 0.3 is 32.3 Å². The molecule has 0 aliphatic rings. The van der Waals surface area contributed by atoms with E-state index in [1.54, 1.807) is 49.4 Å². The Hall–Kier alpha value is -6.90. The average Bonchev–Trinajstić information content (AvgIpc) is 3.17. The van der Waals surface area contributed by atoms with Crippen molar-refractivity contribution < 1.29 is 34.8 Å². The molecule has 276 valence electrons. The fourth-order valence-corrected chi connectivity index (χ4v) is 7.59. The number of nitrogens with one attached hydrogen (secondary N) is 4. The predicted molar refractivity (Wildman–Crippen MR) is 213 cm³/mol. The number of fused-ring (bicyclic) bond motifs is 2. The van der Waals surface area contributed by atoms with Crippen LogP contribution < -0.4 is 29.6 Å². The van der Waals surface area contributed by atoms with Crippen molar-refractivity contribution in [1.82, 2.24) is 0 Å². The second-order valence-corrected chi connectivity index (χ2v) is 15.4. The first kappa shape index (κ1) is 36.5. The molecule has 0 aliphatic carbocycles. The van der Waals surface area contributed by atoms with E-state index in [9.17, 15) is 26.4 Å². The Morgan fingerprint density at radius 3 is 1.22 bits per heavy atom. The van der Waals surface area contributed by atoms with E-state index >= 15 is 0 Å². The van der Waals surface area contributed by atoms with Gasteiger partial charge in [0.2, 0.25) is 0 Å². The van der Waals surface area contributed by atoms with Crippen LogP contribution in [0.5, 0.6) is 11.5 Å². The van der Waals surface area contributed by atoms with Crippen LogP contribution in [0.1, 0.15) is 5.56 Å². The number of urea groups is 2. The molecule has 0 bridgehead atoms. The van der Waals surface area contributed by atoms with Gasteiger partial charge in [-0.2, -0.15) is 16.8 Å². The normalized spacial score (nSPS) is 11.4. The Morgan fingerprint density at radius 2 is 0.818 bits per heavy atom. The highest BCUT2D eigenvalue weighted by molar-refractivity contribution is 7.87. The van der Waals surface area contributed by atoms with Crippen LogP contribution in [0.3, 0.4) is 0 Å². The maximum Gasteiger partial charge on any atom is 0.339 e. The Morgan fingerprint density at radius 1 is 0.436 bits per heavy atom. The fourth-order valence-electron chi connectivity index (χ4n) is 5.66. The minimum absolute atomic E-state index is 0.0184. The number of hydrogen-bond donors (Lipinski definition) is 4. The van der Waals surface area contributed by atoms with Gasteiger partial charge in [0, 0.05) is 22.7 Å². The summed E-state index contributed by atoms with van der Waals surface area (Å²) in [4.78, 5) is 25.8. The summed E-state index contributed by atoms with van der Waals surface area (Å²) in [5.74, 6) is 0.141. The van der Waals surface area contributed by atoms with Gasteiger partial charge in [-0.1, -0.05) is 66.7 Å². The number of carbonyl (C=O) groups excluding carboxylic acids is 2. The van der Waals surface area contributed by atoms with Crippen LogP contribution in [-0.4, -0.2) is 28.9 Å². The first-order chi connectivity index (χ1) is 26.4. The third-order valence-corrected chi connectivity index (χ3v) is 11.0. The van der Waals surface area contributed by atoms with Crippen molar-refractivity contribution in [1.29, 1.82) is 0 Å². The molecule has 0 heterocycles. The zero-order chi connectivity index (χ0) is 38.6. The highest BCUT2D eigenvalue weighted by Gasteiger charge is 2.19. The SMILES string of the molecule is Cc1c(NC(=O)Nc2ccc(OS(=O)(=O)c3ccc4ccccc4c3)cc2)cccc1NC(=O)Nc1ccc(OS(=O)(=O)c2ccc3ccccc3c2)cc1. The number of anilines is 4. The molecule has 0 fully saturated rings. The van der Waals surface area contributed by atoms with E-state index in [-0.39, 0.29) is 21.3 Å². The predicted octanol–water partition coefficient (Wildman–Crippen LogP) is 9.12. The second kappa shape index (κ2) is 15.2. The van der Waals surface area contributed by atoms with Crippen LogP contribution in [0.25, 0.3) is 21.5 Å². The summed E-state index contributed by atoms with van der Waals surface area (Å²) >= 11 is 0. The molecule has 0 radical (unpaired) electrons. The molecule has 0 aliphatic heterocycles. The summed E-state index contributed by atoms with van der Waals surface area (Å²) in [5.41, 5.74) is 2.17. The first-order valence-electron chi connectivity index (χ1n) is 16.7. The summed E-state index contributed by atoms with van der Waals surface area (Å²) in [6.07, 6.45) is 0. The average molecular weight is 773 g/mol. The van der Waals surface area contributed by atoms with Crippen molar-refractivity contribution in [2.45, 2.75) is 16.7 Å². The van der Waals surface area contributed by atoms with Gasteiger partial charge in [-0.15, -0.1) is 0 Å². The van der Waals surface area contributed by atoms with Gasteiger partial charge in [0.15, 0.2) is 0 Å². The van der Waals surface area contributed by atoms with Crippen LogP contribution in [0.2, 0.25) is 0 Å². The molecule has 7 aromatic rings. The van der Waals surface area contributed by atoms with Crippen LogP contribution >= 0.6 is 0 Å². The Bertz CT molecular complexity index is 2600. The lowest BCUT2D eigenvalue weighted by atomic mass is 10.1. The zero-order valence-electron chi connectivity index (χ0n) is 29.0. The second-order valence-electron chi connectivity index (χ2n) is 12.3. The maximum absolute atomic E-state index is 12.9.